The van der Waals surface area contributed by atoms with Crippen LogP contribution in [0.3, 0.4) is 0 Å². The Balaban J connectivity index is 1.86. The molecule has 0 radical (unpaired) electrons. The molecule has 0 aliphatic carbocycles. The van der Waals surface area contributed by atoms with Crippen LogP contribution >= 0.6 is 0 Å². The number of aryl methyl sites for hydroxylation is 1. The van der Waals surface area contributed by atoms with E-state index in [9.17, 15) is 0 Å². The fourth-order valence-electron chi connectivity index (χ4n) is 3.10. The fourth-order valence-corrected chi connectivity index (χ4v) is 3.10. The number of nitrogens with zero attached hydrogens (tertiary/aromatic N) is 2. The summed E-state index contributed by atoms with van der Waals surface area (Å²) in [7, 11) is 0. The smallest absolute Gasteiger partial charge is 0.193 e. The SMILES string of the molecule is CCNC(=NCCc1ccc(CC)cc1)N1CCC(COCC)C1. The summed E-state index contributed by atoms with van der Waals surface area (Å²) in [5.74, 6) is 1.69. The second-order valence-electron chi connectivity index (χ2n) is 6.42. The van der Waals surface area contributed by atoms with Crippen LogP contribution in [0.5, 0.6) is 0 Å². The highest BCUT2D eigenvalue weighted by Gasteiger charge is 2.24. The van der Waals surface area contributed by atoms with Crippen LogP contribution in [0.25, 0.3) is 0 Å². The number of hydrogen-bond donors (Lipinski definition) is 1. The molecule has 24 heavy (non-hydrogen) atoms. The largest absolute Gasteiger partial charge is 0.381 e. The van der Waals surface area contributed by atoms with Gasteiger partial charge in [0.25, 0.3) is 0 Å². The van der Waals surface area contributed by atoms with Crippen molar-refractivity contribution in [2.45, 2.75) is 40.0 Å². The van der Waals surface area contributed by atoms with Gasteiger partial charge in [-0.2, -0.15) is 0 Å². The van der Waals surface area contributed by atoms with Gasteiger partial charge in [0, 0.05) is 38.7 Å². The molecular weight excluding hydrogens is 298 g/mol. The van der Waals surface area contributed by atoms with Gasteiger partial charge in [0.15, 0.2) is 5.96 Å². The van der Waals surface area contributed by atoms with Crippen molar-refractivity contribution in [1.29, 1.82) is 0 Å². The molecule has 1 unspecified atom stereocenters. The number of benzene rings is 1. The third kappa shape index (κ3) is 5.82. The monoisotopic (exact) mass is 331 g/mol. The van der Waals surface area contributed by atoms with E-state index < -0.39 is 0 Å². The van der Waals surface area contributed by atoms with Gasteiger partial charge >= 0.3 is 0 Å². The van der Waals surface area contributed by atoms with E-state index >= 15 is 0 Å². The Hall–Kier alpha value is -1.55. The van der Waals surface area contributed by atoms with Crippen molar-refractivity contribution in [3.63, 3.8) is 0 Å². The van der Waals surface area contributed by atoms with Crippen LogP contribution in [0.15, 0.2) is 29.3 Å². The molecule has 1 N–H and O–H groups in total. The lowest BCUT2D eigenvalue weighted by Gasteiger charge is -2.21. The van der Waals surface area contributed by atoms with E-state index in [-0.39, 0.29) is 0 Å². The van der Waals surface area contributed by atoms with Crippen LogP contribution in [0.1, 0.15) is 38.3 Å². The van der Waals surface area contributed by atoms with Gasteiger partial charge in [-0.15, -0.1) is 0 Å². The summed E-state index contributed by atoms with van der Waals surface area (Å²) in [6.07, 6.45) is 3.29. The van der Waals surface area contributed by atoms with Gasteiger partial charge in [-0.25, -0.2) is 0 Å². The molecule has 0 amide bonds. The maximum absolute atomic E-state index is 5.58. The van der Waals surface area contributed by atoms with E-state index in [0.29, 0.717) is 5.92 Å². The van der Waals surface area contributed by atoms with Crippen molar-refractivity contribution in [2.75, 3.05) is 39.4 Å². The van der Waals surface area contributed by atoms with Gasteiger partial charge < -0.3 is 15.0 Å². The first-order valence-electron chi connectivity index (χ1n) is 9.45. The zero-order valence-electron chi connectivity index (χ0n) is 15.6. The maximum atomic E-state index is 5.58. The molecule has 0 aromatic heterocycles. The number of guanidine groups is 1. The molecule has 4 heteroatoms. The zero-order chi connectivity index (χ0) is 17.2. The summed E-state index contributed by atoms with van der Waals surface area (Å²) in [4.78, 5) is 7.22. The van der Waals surface area contributed by atoms with Crippen LogP contribution in [0, 0.1) is 5.92 Å². The molecule has 0 saturated carbocycles. The van der Waals surface area contributed by atoms with E-state index in [1.807, 2.05) is 0 Å². The molecule has 134 valence electrons. The number of likely N-dealkylation sites (tertiary alicyclic amines) is 1. The van der Waals surface area contributed by atoms with E-state index in [2.05, 4.69) is 55.3 Å². The molecule has 1 fully saturated rings. The lowest BCUT2D eigenvalue weighted by molar-refractivity contribution is 0.114. The first-order valence-corrected chi connectivity index (χ1v) is 9.45. The van der Waals surface area contributed by atoms with Crippen molar-refractivity contribution in [2.24, 2.45) is 10.9 Å². The summed E-state index contributed by atoms with van der Waals surface area (Å²) in [5, 5.41) is 3.44. The summed E-state index contributed by atoms with van der Waals surface area (Å²) >= 11 is 0. The Kier molecular flexibility index (Phi) is 8.10. The molecule has 0 spiro atoms. The molecule has 1 saturated heterocycles. The molecule has 0 bridgehead atoms. The van der Waals surface area contributed by atoms with Gasteiger partial charge in [-0.05, 0) is 44.2 Å². The Morgan fingerprint density at radius 1 is 1.21 bits per heavy atom. The lowest BCUT2D eigenvalue weighted by atomic mass is 10.1. The summed E-state index contributed by atoms with van der Waals surface area (Å²) in [5.41, 5.74) is 2.76. The van der Waals surface area contributed by atoms with Gasteiger partial charge in [0.05, 0.1) is 6.61 Å². The van der Waals surface area contributed by atoms with Crippen molar-refractivity contribution in [3.05, 3.63) is 35.4 Å². The summed E-state index contributed by atoms with van der Waals surface area (Å²) < 4.78 is 5.58. The predicted molar refractivity (Wildman–Crippen MR) is 102 cm³/mol. The standard InChI is InChI=1S/C20H33N3O/c1-4-17-7-9-18(10-8-17)11-13-22-20(21-5-2)23-14-12-19(15-23)16-24-6-3/h7-10,19H,4-6,11-16H2,1-3H3,(H,21,22). The summed E-state index contributed by atoms with van der Waals surface area (Å²) in [6.45, 7) is 11.9. The Labute approximate surface area is 147 Å². The first-order chi connectivity index (χ1) is 11.8. The molecule has 1 aromatic rings. The number of rotatable bonds is 8. The number of aliphatic imine (C=N–C) groups is 1. The van der Waals surface area contributed by atoms with E-state index in [4.69, 9.17) is 9.73 Å². The normalized spacial score (nSPS) is 18.2. The van der Waals surface area contributed by atoms with Gasteiger partial charge in [-0.1, -0.05) is 31.2 Å². The average Bonchev–Trinajstić information content (AvgIpc) is 3.08. The maximum Gasteiger partial charge on any atom is 0.193 e. The fraction of sp³-hybridized carbons (Fsp3) is 0.650. The third-order valence-electron chi connectivity index (χ3n) is 4.57. The highest BCUT2D eigenvalue weighted by Crippen LogP contribution is 2.16. The third-order valence-corrected chi connectivity index (χ3v) is 4.57. The Bertz CT molecular complexity index is 498. The van der Waals surface area contributed by atoms with E-state index in [0.717, 1.165) is 58.2 Å². The molecule has 2 rings (SSSR count). The van der Waals surface area contributed by atoms with Gasteiger partial charge in [-0.3, -0.25) is 4.99 Å². The minimum absolute atomic E-state index is 0.635. The van der Waals surface area contributed by atoms with E-state index in [1.54, 1.807) is 0 Å². The number of ether oxygens (including phenoxy) is 1. The minimum atomic E-state index is 0.635. The van der Waals surface area contributed by atoms with Crippen molar-refractivity contribution in [3.8, 4) is 0 Å². The molecule has 4 nitrogen and oxygen atoms in total. The Morgan fingerprint density at radius 3 is 2.62 bits per heavy atom. The van der Waals surface area contributed by atoms with Gasteiger partial charge in [0.1, 0.15) is 0 Å². The highest BCUT2D eigenvalue weighted by atomic mass is 16.5. The number of hydrogen-bond acceptors (Lipinski definition) is 2. The quantitative estimate of drug-likeness (QED) is 0.587. The minimum Gasteiger partial charge on any atom is -0.381 e. The topological polar surface area (TPSA) is 36.9 Å². The first kappa shape index (κ1) is 18.8. The van der Waals surface area contributed by atoms with Gasteiger partial charge in [0.2, 0.25) is 0 Å². The molecule has 1 atom stereocenters. The number of nitrogens with one attached hydrogen (secondary N) is 1. The molecular formula is C20H33N3O. The Morgan fingerprint density at radius 2 is 1.96 bits per heavy atom. The van der Waals surface area contributed by atoms with Crippen molar-refractivity contribution < 1.29 is 4.74 Å². The molecule has 1 aliphatic heterocycles. The highest BCUT2D eigenvalue weighted by molar-refractivity contribution is 5.80. The van der Waals surface area contributed by atoms with Crippen LogP contribution in [0.2, 0.25) is 0 Å². The zero-order valence-corrected chi connectivity index (χ0v) is 15.6. The van der Waals surface area contributed by atoms with Crippen LogP contribution < -0.4 is 5.32 Å². The van der Waals surface area contributed by atoms with Crippen LogP contribution in [-0.4, -0.2) is 50.3 Å². The predicted octanol–water partition coefficient (Wildman–Crippen LogP) is 3.12. The van der Waals surface area contributed by atoms with Crippen LogP contribution in [0.4, 0.5) is 0 Å². The second kappa shape index (κ2) is 10.3. The van der Waals surface area contributed by atoms with Crippen LogP contribution in [-0.2, 0) is 17.6 Å². The van der Waals surface area contributed by atoms with Crippen molar-refractivity contribution >= 4 is 5.96 Å². The lowest BCUT2D eigenvalue weighted by Crippen LogP contribution is -2.40. The molecule has 1 aliphatic rings. The second-order valence-corrected chi connectivity index (χ2v) is 6.42. The van der Waals surface area contributed by atoms with E-state index in [1.165, 1.54) is 17.5 Å². The average molecular weight is 332 g/mol. The van der Waals surface area contributed by atoms with Crippen molar-refractivity contribution in [1.82, 2.24) is 10.2 Å². The molecule has 1 heterocycles. The molecule has 1 aromatic carbocycles. The summed E-state index contributed by atoms with van der Waals surface area (Å²) in [6, 6.07) is 8.91.